The summed E-state index contributed by atoms with van der Waals surface area (Å²) < 4.78 is 11.1. The first-order valence-corrected chi connectivity index (χ1v) is 11.1. The number of fused-ring (bicyclic) bond motifs is 1. The Morgan fingerprint density at radius 1 is 1.03 bits per heavy atom. The number of nitrogens with zero attached hydrogens (tertiary/aromatic N) is 3. The molecule has 3 aromatic rings. The van der Waals surface area contributed by atoms with Gasteiger partial charge in [-0.05, 0) is 43.2 Å². The number of carbonyl (C=O) groups excluding carboxylic acids is 1. The van der Waals surface area contributed by atoms with Gasteiger partial charge in [-0.3, -0.25) is 9.69 Å². The third kappa shape index (κ3) is 4.48. The number of aryl methyl sites for hydroxylation is 1. The number of oxazole rings is 1. The third-order valence-corrected chi connectivity index (χ3v) is 6.51. The zero-order chi connectivity index (χ0) is 21.2. The van der Waals surface area contributed by atoms with E-state index in [-0.39, 0.29) is 11.8 Å². The maximum atomic E-state index is 12.9. The van der Waals surface area contributed by atoms with Crippen molar-refractivity contribution >= 4 is 22.5 Å². The second-order valence-electron chi connectivity index (χ2n) is 8.52. The number of amides is 1. The molecule has 1 aliphatic heterocycles. The minimum absolute atomic E-state index is 0.0540. The predicted octanol–water partition coefficient (Wildman–Crippen LogP) is 4.03. The summed E-state index contributed by atoms with van der Waals surface area (Å²) in [5.74, 6) is 2.10. The van der Waals surface area contributed by atoms with Gasteiger partial charge in [0.2, 0.25) is 5.91 Å². The Kier molecular flexibility index (Phi) is 5.70. The molecule has 1 aliphatic carbocycles. The van der Waals surface area contributed by atoms with Crippen LogP contribution in [0.5, 0.6) is 0 Å². The summed E-state index contributed by atoms with van der Waals surface area (Å²) >= 11 is 0. The molecule has 1 amide bonds. The van der Waals surface area contributed by atoms with Crippen molar-refractivity contribution in [1.82, 2.24) is 14.9 Å². The number of benzene rings is 1. The lowest BCUT2D eigenvalue weighted by Crippen LogP contribution is -2.45. The standard InChI is InChI=1S/C24H28N4O3/c1-16-25-15-22(31-16)18-2-3-19-14-26-23(13-20(19)12-18)27-24(29)17-4-6-21(7-5-17)28-8-10-30-11-9-28/h2-3,12-15,17,21H,4-11H2,1H3,(H,26,27,29). The second kappa shape index (κ2) is 8.77. The SMILES string of the molecule is Cc1ncc(-c2ccc3cnc(NC(=O)C4CCC(N5CCOCC5)CC4)cc3c2)o1. The van der Waals surface area contributed by atoms with Gasteiger partial charge < -0.3 is 14.5 Å². The number of pyridine rings is 1. The van der Waals surface area contributed by atoms with Crippen molar-refractivity contribution in [3.63, 3.8) is 0 Å². The second-order valence-corrected chi connectivity index (χ2v) is 8.52. The van der Waals surface area contributed by atoms with Crippen LogP contribution in [-0.4, -0.2) is 53.1 Å². The number of anilines is 1. The van der Waals surface area contributed by atoms with Gasteiger partial charge in [-0.25, -0.2) is 9.97 Å². The molecule has 1 saturated carbocycles. The van der Waals surface area contributed by atoms with Crippen molar-refractivity contribution in [3.8, 4) is 11.3 Å². The molecule has 1 saturated heterocycles. The van der Waals surface area contributed by atoms with E-state index in [0.29, 0.717) is 17.8 Å². The quantitative estimate of drug-likeness (QED) is 0.686. The van der Waals surface area contributed by atoms with Crippen molar-refractivity contribution in [3.05, 3.63) is 42.5 Å². The number of nitrogens with one attached hydrogen (secondary N) is 1. The van der Waals surface area contributed by atoms with Crippen molar-refractivity contribution in [2.24, 2.45) is 5.92 Å². The summed E-state index contributed by atoms with van der Waals surface area (Å²) in [6.45, 7) is 5.50. The predicted molar refractivity (Wildman–Crippen MR) is 119 cm³/mol. The smallest absolute Gasteiger partial charge is 0.228 e. The number of ether oxygens (including phenoxy) is 1. The molecule has 7 heteroatoms. The Bertz CT molecular complexity index is 1070. The maximum Gasteiger partial charge on any atom is 0.228 e. The molecule has 162 valence electrons. The zero-order valence-corrected chi connectivity index (χ0v) is 17.8. The number of hydrogen-bond acceptors (Lipinski definition) is 6. The topological polar surface area (TPSA) is 80.5 Å². The first-order valence-electron chi connectivity index (χ1n) is 11.1. The fourth-order valence-electron chi connectivity index (χ4n) is 4.73. The third-order valence-electron chi connectivity index (χ3n) is 6.51. The van der Waals surface area contributed by atoms with Crippen LogP contribution >= 0.6 is 0 Å². The molecule has 0 bridgehead atoms. The minimum atomic E-state index is 0.0540. The van der Waals surface area contributed by atoms with Crippen LogP contribution < -0.4 is 5.32 Å². The highest BCUT2D eigenvalue weighted by Crippen LogP contribution is 2.30. The van der Waals surface area contributed by atoms with E-state index in [1.165, 1.54) is 0 Å². The highest BCUT2D eigenvalue weighted by atomic mass is 16.5. The van der Waals surface area contributed by atoms with E-state index in [1.54, 1.807) is 12.4 Å². The lowest BCUT2D eigenvalue weighted by atomic mass is 9.84. The van der Waals surface area contributed by atoms with Crippen LogP contribution in [0.2, 0.25) is 0 Å². The summed E-state index contributed by atoms with van der Waals surface area (Å²) in [5.41, 5.74) is 0.956. The molecule has 5 rings (SSSR count). The van der Waals surface area contributed by atoms with E-state index < -0.39 is 0 Å². The average Bonchev–Trinajstić information content (AvgIpc) is 3.25. The van der Waals surface area contributed by atoms with Gasteiger partial charge in [0.1, 0.15) is 5.82 Å². The van der Waals surface area contributed by atoms with E-state index in [1.807, 2.05) is 31.2 Å². The molecular formula is C24H28N4O3. The van der Waals surface area contributed by atoms with E-state index in [4.69, 9.17) is 9.15 Å². The van der Waals surface area contributed by atoms with Crippen molar-refractivity contribution < 1.29 is 13.9 Å². The number of morpholine rings is 1. The molecule has 31 heavy (non-hydrogen) atoms. The summed E-state index contributed by atoms with van der Waals surface area (Å²) in [4.78, 5) is 24.0. The van der Waals surface area contributed by atoms with Gasteiger partial charge in [-0.1, -0.05) is 12.1 Å². The molecule has 2 fully saturated rings. The van der Waals surface area contributed by atoms with Gasteiger partial charge in [0.25, 0.3) is 0 Å². The van der Waals surface area contributed by atoms with Crippen LogP contribution in [0.15, 0.2) is 41.1 Å². The molecule has 0 atom stereocenters. The summed E-state index contributed by atoms with van der Waals surface area (Å²) in [6, 6.07) is 8.56. The van der Waals surface area contributed by atoms with Crippen molar-refractivity contribution in [1.29, 1.82) is 0 Å². The van der Waals surface area contributed by atoms with Crippen LogP contribution in [0.3, 0.4) is 0 Å². The van der Waals surface area contributed by atoms with Gasteiger partial charge in [-0.15, -0.1) is 0 Å². The van der Waals surface area contributed by atoms with Gasteiger partial charge in [0.05, 0.1) is 19.4 Å². The summed E-state index contributed by atoms with van der Waals surface area (Å²) in [6.07, 6.45) is 7.53. The minimum Gasteiger partial charge on any atom is -0.441 e. The lowest BCUT2D eigenvalue weighted by molar-refractivity contribution is -0.121. The van der Waals surface area contributed by atoms with Gasteiger partial charge in [0.15, 0.2) is 11.7 Å². The molecular weight excluding hydrogens is 392 g/mol. The van der Waals surface area contributed by atoms with E-state index >= 15 is 0 Å². The molecule has 1 N–H and O–H groups in total. The Labute approximate surface area is 181 Å². The number of hydrogen-bond donors (Lipinski definition) is 1. The number of rotatable bonds is 4. The fraction of sp³-hybridized carbons (Fsp3) is 0.458. The molecule has 3 heterocycles. The number of aromatic nitrogens is 2. The monoisotopic (exact) mass is 420 g/mol. The Morgan fingerprint density at radius 3 is 2.58 bits per heavy atom. The summed E-state index contributed by atoms with van der Waals surface area (Å²) in [7, 11) is 0. The fourth-order valence-corrected chi connectivity index (χ4v) is 4.73. The Balaban J connectivity index is 1.24. The van der Waals surface area contributed by atoms with Gasteiger partial charge in [0, 0.05) is 49.1 Å². The van der Waals surface area contributed by atoms with Gasteiger partial charge >= 0.3 is 0 Å². The highest BCUT2D eigenvalue weighted by Gasteiger charge is 2.30. The summed E-state index contributed by atoms with van der Waals surface area (Å²) in [5, 5.41) is 5.07. The largest absolute Gasteiger partial charge is 0.441 e. The zero-order valence-electron chi connectivity index (χ0n) is 17.8. The molecule has 2 aromatic heterocycles. The van der Waals surface area contributed by atoms with E-state index in [0.717, 1.165) is 74.1 Å². The number of carbonyl (C=O) groups is 1. The molecule has 7 nitrogen and oxygen atoms in total. The normalized spacial score (nSPS) is 22.5. The van der Waals surface area contributed by atoms with Crippen LogP contribution in [0.25, 0.3) is 22.1 Å². The lowest BCUT2D eigenvalue weighted by Gasteiger charge is -2.38. The van der Waals surface area contributed by atoms with Gasteiger partial charge in [-0.2, -0.15) is 0 Å². The van der Waals surface area contributed by atoms with Crippen molar-refractivity contribution in [2.75, 3.05) is 31.6 Å². The van der Waals surface area contributed by atoms with Crippen LogP contribution in [0.1, 0.15) is 31.6 Å². The average molecular weight is 421 g/mol. The first-order chi connectivity index (χ1) is 15.2. The maximum absolute atomic E-state index is 12.9. The van der Waals surface area contributed by atoms with E-state index in [2.05, 4.69) is 20.2 Å². The Hall–Kier alpha value is -2.77. The first kappa shape index (κ1) is 20.2. The molecule has 0 spiro atoms. The van der Waals surface area contributed by atoms with E-state index in [9.17, 15) is 4.79 Å². The molecule has 2 aliphatic rings. The van der Waals surface area contributed by atoms with Crippen LogP contribution in [-0.2, 0) is 9.53 Å². The van der Waals surface area contributed by atoms with Crippen LogP contribution in [0, 0.1) is 12.8 Å². The Morgan fingerprint density at radius 2 is 1.84 bits per heavy atom. The molecule has 0 unspecified atom stereocenters. The van der Waals surface area contributed by atoms with Crippen molar-refractivity contribution in [2.45, 2.75) is 38.6 Å². The molecule has 0 radical (unpaired) electrons. The van der Waals surface area contributed by atoms with Crippen LogP contribution in [0.4, 0.5) is 5.82 Å². The highest BCUT2D eigenvalue weighted by molar-refractivity contribution is 5.94. The molecule has 1 aromatic carbocycles.